The SMILES string of the molecule is N#CCCNC(=O)COC(=O)[C@@H]1COc2ccc(Cl)cc2C1. The molecule has 22 heavy (non-hydrogen) atoms. The van der Waals surface area contributed by atoms with Crippen molar-refractivity contribution in [3.63, 3.8) is 0 Å². The molecule has 1 aliphatic rings. The number of esters is 1. The maximum atomic E-state index is 12.0. The van der Waals surface area contributed by atoms with E-state index in [1.54, 1.807) is 18.2 Å². The summed E-state index contributed by atoms with van der Waals surface area (Å²) in [4.78, 5) is 23.4. The Kier molecular flexibility index (Phi) is 5.61. The molecule has 0 aromatic heterocycles. The van der Waals surface area contributed by atoms with Gasteiger partial charge in [-0.1, -0.05) is 11.6 Å². The lowest BCUT2D eigenvalue weighted by Gasteiger charge is -2.24. The first-order valence-electron chi connectivity index (χ1n) is 6.81. The van der Waals surface area contributed by atoms with Gasteiger partial charge in [-0.15, -0.1) is 0 Å². The van der Waals surface area contributed by atoms with E-state index < -0.39 is 17.8 Å². The van der Waals surface area contributed by atoms with E-state index >= 15 is 0 Å². The summed E-state index contributed by atoms with van der Waals surface area (Å²) in [6, 6.07) is 7.15. The molecule has 1 aromatic rings. The molecule has 6 nitrogen and oxygen atoms in total. The Labute approximate surface area is 133 Å². The van der Waals surface area contributed by atoms with Crippen LogP contribution >= 0.6 is 11.6 Å². The number of hydrogen-bond donors (Lipinski definition) is 1. The van der Waals surface area contributed by atoms with Gasteiger partial charge in [0, 0.05) is 11.6 Å². The van der Waals surface area contributed by atoms with Crippen LogP contribution in [0, 0.1) is 17.2 Å². The standard InChI is InChI=1S/C15H15ClN2O4/c16-12-2-3-13-10(7-12)6-11(8-21-13)15(20)22-9-14(19)18-5-1-4-17/h2-3,7,11H,1,5-6,8-9H2,(H,18,19)/t11-/m0/s1. The summed E-state index contributed by atoms with van der Waals surface area (Å²) in [6.07, 6.45) is 0.679. The van der Waals surface area contributed by atoms with Gasteiger partial charge in [-0.2, -0.15) is 5.26 Å². The highest BCUT2D eigenvalue weighted by Gasteiger charge is 2.27. The van der Waals surface area contributed by atoms with Crippen molar-refractivity contribution in [1.82, 2.24) is 5.32 Å². The van der Waals surface area contributed by atoms with Crippen LogP contribution in [-0.4, -0.2) is 31.6 Å². The van der Waals surface area contributed by atoms with Gasteiger partial charge < -0.3 is 14.8 Å². The predicted octanol–water partition coefficient (Wildman–Crippen LogP) is 1.46. The molecule has 1 atom stereocenters. The Balaban J connectivity index is 1.82. The third kappa shape index (κ3) is 4.37. The summed E-state index contributed by atoms with van der Waals surface area (Å²) >= 11 is 5.92. The van der Waals surface area contributed by atoms with Gasteiger partial charge >= 0.3 is 5.97 Å². The van der Waals surface area contributed by atoms with E-state index in [2.05, 4.69) is 5.32 Å². The molecule has 0 fully saturated rings. The third-order valence-electron chi connectivity index (χ3n) is 3.17. The molecule has 0 unspecified atom stereocenters. The van der Waals surface area contributed by atoms with Gasteiger partial charge in [0.25, 0.3) is 5.91 Å². The van der Waals surface area contributed by atoms with E-state index in [4.69, 9.17) is 26.3 Å². The third-order valence-corrected chi connectivity index (χ3v) is 3.40. The van der Waals surface area contributed by atoms with Gasteiger partial charge in [0.1, 0.15) is 12.4 Å². The zero-order chi connectivity index (χ0) is 15.9. The zero-order valence-corrected chi connectivity index (χ0v) is 12.6. The molecule has 1 heterocycles. The predicted molar refractivity (Wildman–Crippen MR) is 78.3 cm³/mol. The van der Waals surface area contributed by atoms with E-state index in [1.165, 1.54) is 0 Å². The van der Waals surface area contributed by atoms with Crippen molar-refractivity contribution in [3.8, 4) is 11.8 Å². The van der Waals surface area contributed by atoms with Crippen LogP contribution in [0.15, 0.2) is 18.2 Å². The van der Waals surface area contributed by atoms with E-state index in [1.807, 2.05) is 6.07 Å². The van der Waals surface area contributed by atoms with E-state index in [9.17, 15) is 9.59 Å². The average Bonchev–Trinajstić information content (AvgIpc) is 2.52. The smallest absolute Gasteiger partial charge is 0.313 e. The number of halogens is 1. The molecular formula is C15H15ClN2O4. The second-order valence-electron chi connectivity index (χ2n) is 4.83. The average molecular weight is 323 g/mol. The first-order chi connectivity index (χ1) is 10.6. The molecule has 0 spiro atoms. The van der Waals surface area contributed by atoms with Crippen LogP contribution in [0.2, 0.25) is 5.02 Å². The fourth-order valence-electron chi connectivity index (χ4n) is 2.08. The topological polar surface area (TPSA) is 88.4 Å². The molecule has 0 aliphatic carbocycles. The van der Waals surface area contributed by atoms with Crippen LogP contribution in [0.25, 0.3) is 0 Å². The number of fused-ring (bicyclic) bond motifs is 1. The van der Waals surface area contributed by atoms with Gasteiger partial charge in [-0.25, -0.2) is 0 Å². The van der Waals surface area contributed by atoms with Crippen LogP contribution in [0.5, 0.6) is 5.75 Å². The van der Waals surface area contributed by atoms with Gasteiger partial charge in [0.2, 0.25) is 0 Å². The number of hydrogen-bond acceptors (Lipinski definition) is 5. The first-order valence-corrected chi connectivity index (χ1v) is 7.19. The molecule has 0 saturated heterocycles. The van der Waals surface area contributed by atoms with Crippen molar-refractivity contribution in [2.75, 3.05) is 19.8 Å². The monoisotopic (exact) mass is 322 g/mol. The molecule has 1 amide bonds. The molecular weight excluding hydrogens is 308 g/mol. The minimum absolute atomic E-state index is 0.212. The Morgan fingerprint density at radius 3 is 3.09 bits per heavy atom. The lowest BCUT2D eigenvalue weighted by molar-refractivity contribution is -0.153. The molecule has 1 aromatic carbocycles. The number of ether oxygens (including phenoxy) is 2. The number of rotatable bonds is 5. The zero-order valence-electron chi connectivity index (χ0n) is 11.8. The second kappa shape index (κ2) is 7.66. The van der Waals surface area contributed by atoms with E-state index in [-0.39, 0.29) is 26.2 Å². The van der Waals surface area contributed by atoms with Crippen LogP contribution in [0.4, 0.5) is 0 Å². The number of nitrogens with zero attached hydrogens (tertiary/aromatic N) is 1. The number of carbonyl (C=O) groups excluding carboxylic acids is 2. The fourth-order valence-corrected chi connectivity index (χ4v) is 2.27. The highest BCUT2D eigenvalue weighted by Crippen LogP contribution is 2.30. The molecule has 0 bridgehead atoms. The molecule has 0 radical (unpaired) electrons. The summed E-state index contributed by atoms with van der Waals surface area (Å²) in [5, 5.41) is 11.4. The Morgan fingerprint density at radius 1 is 1.50 bits per heavy atom. The van der Waals surface area contributed by atoms with E-state index in [0.717, 1.165) is 5.56 Å². The molecule has 116 valence electrons. The minimum atomic E-state index is -0.485. The molecule has 0 saturated carbocycles. The Morgan fingerprint density at radius 2 is 2.32 bits per heavy atom. The number of nitriles is 1. The van der Waals surface area contributed by atoms with Gasteiger partial charge in [-0.05, 0) is 30.2 Å². The lowest BCUT2D eigenvalue weighted by Crippen LogP contribution is -2.34. The van der Waals surface area contributed by atoms with Crippen LogP contribution < -0.4 is 10.1 Å². The highest BCUT2D eigenvalue weighted by molar-refractivity contribution is 6.30. The summed E-state index contributed by atoms with van der Waals surface area (Å²) in [5.41, 5.74) is 0.846. The molecule has 1 aliphatic heterocycles. The maximum absolute atomic E-state index is 12.0. The van der Waals surface area contributed by atoms with Gasteiger partial charge in [0.05, 0.1) is 18.4 Å². The Bertz CT molecular complexity index is 612. The molecule has 7 heteroatoms. The summed E-state index contributed by atoms with van der Waals surface area (Å²) in [6.45, 7) is 0.0952. The van der Waals surface area contributed by atoms with Crippen molar-refractivity contribution < 1.29 is 19.1 Å². The first kappa shape index (κ1) is 16.1. The quantitative estimate of drug-likeness (QED) is 0.655. The van der Waals surface area contributed by atoms with Crippen LogP contribution in [0.1, 0.15) is 12.0 Å². The van der Waals surface area contributed by atoms with Gasteiger partial charge in [-0.3, -0.25) is 9.59 Å². The van der Waals surface area contributed by atoms with Gasteiger partial charge in [0.15, 0.2) is 6.61 Å². The maximum Gasteiger partial charge on any atom is 0.313 e. The fraction of sp³-hybridized carbons (Fsp3) is 0.400. The van der Waals surface area contributed by atoms with Crippen molar-refractivity contribution in [2.45, 2.75) is 12.8 Å². The number of carbonyl (C=O) groups is 2. The molecule has 1 N–H and O–H groups in total. The van der Waals surface area contributed by atoms with Crippen molar-refractivity contribution in [1.29, 1.82) is 5.26 Å². The second-order valence-corrected chi connectivity index (χ2v) is 5.27. The normalized spacial score (nSPS) is 15.9. The summed E-state index contributed by atoms with van der Waals surface area (Å²) < 4.78 is 10.5. The van der Waals surface area contributed by atoms with Crippen LogP contribution in [0.3, 0.4) is 0 Å². The summed E-state index contributed by atoms with van der Waals surface area (Å²) in [7, 11) is 0. The van der Waals surface area contributed by atoms with Crippen LogP contribution in [-0.2, 0) is 20.7 Å². The summed E-state index contributed by atoms with van der Waals surface area (Å²) in [5.74, 6) is -0.662. The lowest BCUT2D eigenvalue weighted by atomic mass is 9.97. The Hall–Kier alpha value is -2.26. The minimum Gasteiger partial charge on any atom is -0.492 e. The number of amides is 1. The number of benzene rings is 1. The van der Waals surface area contributed by atoms with E-state index in [0.29, 0.717) is 17.2 Å². The molecule has 2 rings (SSSR count). The van der Waals surface area contributed by atoms with Crippen molar-refractivity contribution in [2.24, 2.45) is 5.92 Å². The largest absolute Gasteiger partial charge is 0.492 e. The number of nitrogens with one attached hydrogen (secondary N) is 1. The highest BCUT2D eigenvalue weighted by atomic mass is 35.5. The van der Waals surface area contributed by atoms with Crippen molar-refractivity contribution in [3.05, 3.63) is 28.8 Å². The van der Waals surface area contributed by atoms with Crippen molar-refractivity contribution >= 4 is 23.5 Å².